The molecule has 2 atom stereocenters. The number of hydrogen-bond donors (Lipinski definition) is 0. The Labute approximate surface area is 119 Å². The summed E-state index contributed by atoms with van der Waals surface area (Å²) >= 11 is 15.6. The molecule has 2 unspecified atom stereocenters. The van der Waals surface area contributed by atoms with Gasteiger partial charge in [-0.25, -0.2) is 0 Å². The molecule has 0 saturated carbocycles. The van der Waals surface area contributed by atoms with Gasteiger partial charge in [-0.05, 0) is 25.5 Å². The van der Waals surface area contributed by atoms with Crippen molar-refractivity contribution >= 4 is 39.1 Å². The minimum absolute atomic E-state index is 0.146. The lowest BCUT2D eigenvalue weighted by atomic mass is 10.1. The quantitative estimate of drug-likeness (QED) is 0.745. The first kappa shape index (κ1) is 13.6. The maximum atomic E-state index is 6.21. The minimum Gasteiger partial charge on any atom is -0.345 e. The van der Waals surface area contributed by atoms with Gasteiger partial charge < -0.3 is 9.47 Å². The highest BCUT2D eigenvalue weighted by Gasteiger charge is 2.39. The summed E-state index contributed by atoms with van der Waals surface area (Å²) in [4.78, 5) is 0. The fourth-order valence-corrected chi connectivity index (χ4v) is 3.04. The number of hydrogen-bond acceptors (Lipinski definition) is 2. The van der Waals surface area contributed by atoms with Gasteiger partial charge in [0.05, 0.1) is 23.1 Å². The lowest BCUT2D eigenvalue weighted by Gasteiger charge is -2.39. The normalized spacial score (nSPS) is 29.3. The SMILES string of the molecule is CC1CCOC(CBr)(c2ccc(Cl)cc2Cl)O1. The molecule has 0 bridgehead atoms. The maximum Gasteiger partial charge on any atom is 0.206 e. The standard InChI is InChI=1S/C12H13BrCl2O2/c1-8-4-5-16-12(7-13,17-8)10-3-2-9(14)6-11(10)15/h2-3,6,8H,4-5,7H2,1H3. The molecule has 1 aliphatic rings. The molecule has 0 amide bonds. The van der Waals surface area contributed by atoms with Crippen LogP contribution in [0, 0.1) is 0 Å². The van der Waals surface area contributed by atoms with Crippen LogP contribution in [0.5, 0.6) is 0 Å². The van der Waals surface area contributed by atoms with Gasteiger partial charge in [-0.15, -0.1) is 0 Å². The van der Waals surface area contributed by atoms with Crippen molar-refractivity contribution in [2.24, 2.45) is 0 Å². The maximum absolute atomic E-state index is 6.21. The van der Waals surface area contributed by atoms with Crippen molar-refractivity contribution in [1.29, 1.82) is 0 Å². The smallest absolute Gasteiger partial charge is 0.206 e. The fraction of sp³-hybridized carbons (Fsp3) is 0.500. The Morgan fingerprint density at radius 3 is 2.82 bits per heavy atom. The second-order valence-corrected chi connectivity index (χ2v) is 5.48. The predicted octanol–water partition coefficient (Wildman–Crippen LogP) is 4.37. The molecule has 1 fully saturated rings. The topological polar surface area (TPSA) is 18.5 Å². The van der Waals surface area contributed by atoms with Crippen molar-refractivity contribution in [2.75, 3.05) is 11.9 Å². The second kappa shape index (κ2) is 5.45. The summed E-state index contributed by atoms with van der Waals surface area (Å²) in [5.41, 5.74) is 0.812. The predicted molar refractivity (Wildman–Crippen MR) is 73.1 cm³/mol. The molecule has 5 heteroatoms. The van der Waals surface area contributed by atoms with E-state index in [4.69, 9.17) is 32.7 Å². The largest absolute Gasteiger partial charge is 0.345 e. The van der Waals surface area contributed by atoms with Gasteiger partial charge in [0.15, 0.2) is 0 Å². The summed E-state index contributed by atoms with van der Waals surface area (Å²) in [5, 5.41) is 1.70. The Morgan fingerprint density at radius 2 is 2.24 bits per heavy atom. The molecule has 0 aliphatic carbocycles. The van der Waals surface area contributed by atoms with Crippen molar-refractivity contribution in [3.05, 3.63) is 33.8 Å². The molecule has 1 aromatic rings. The molecular formula is C12H13BrCl2O2. The molecule has 0 radical (unpaired) electrons. The monoisotopic (exact) mass is 338 g/mol. The molecular weight excluding hydrogens is 327 g/mol. The lowest BCUT2D eigenvalue weighted by Crippen LogP contribution is -2.43. The average Bonchev–Trinajstić information content (AvgIpc) is 2.28. The van der Waals surface area contributed by atoms with Gasteiger partial charge in [-0.2, -0.15) is 0 Å². The Hall–Kier alpha value is 0.200. The molecule has 0 aromatic heterocycles. The molecule has 1 aliphatic heterocycles. The van der Waals surface area contributed by atoms with Crippen molar-refractivity contribution in [2.45, 2.75) is 25.2 Å². The van der Waals surface area contributed by atoms with Gasteiger partial charge in [0.25, 0.3) is 0 Å². The first-order valence-corrected chi connectivity index (χ1v) is 7.28. The van der Waals surface area contributed by atoms with Gasteiger partial charge in [-0.3, -0.25) is 0 Å². The van der Waals surface area contributed by atoms with Crippen LogP contribution in [-0.4, -0.2) is 18.0 Å². The Kier molecular flexibility index (Phi) is 4.37. The molecule has 1 heterocycles. The van der Waals surface area contributed by atoms with E-state index in [0.717, 1.165) is 12.0 Å². The molecule has 0 spiro atoms. The van der Waals surface area contributed by atoms with E-state index in [9.17, 15) is 0 Å². The first-order chi connectivity index (χ1) is 8.07. The van der Waals surface area contributed by atoms with Gasteiger partial charge >= 0.3 is 0 Å². The van der Waals surface area contributed by atoms with E-state index < -0.39 is 5.79 Å². The lowest BCUT2D eigenvalue weighted by molar-refractivity contribution is -0.284. The molecule has 0 N–H and O–H groups in total. The highest BCUT2D eigenvalue weighted by Crippen LogP contribution is 2.39. The summed E-state index contributed by atoms with van der Waals surface area (Å²) in [5.74, 6) is -0.806. The third kappa shape index (κ3) is 2.79. The Bertz CT molecular complexity index is 413. The van der Waals surface area contributed by atoms with E-state index in [1.807, 2.05) is 13.0 Å². The molecule has 1 saturated heterocycles. The zero-order valence-electron chi connectivity index (χ0n) is 9.38. The van der Waals surface area contributed by atoms with Crippen molar-refractivity contribution in [1.82, 2.24) is 0 Å². The summed E-state index contributed by atoms with van der Waals surface area (Å²) in [6, 6.07) is 5.35. The number of rotatable bonds is 2. The summed E-state index contributed by atoms with van der Waals surface area (Å²) in [7, 11) is 0. The van der Waals surface area contributed by atoms with Crippen LogP contribution in [0.1, 0.15) is 18.9 Å². The molecule has 1 aromatic carbocycles. The summed E-state index contributed by atoms with van der Waals surface area (Å²) in [6.07, 6.45) is 1.04. The van der Waals surface area contributed by atoms with Crippen molar-refractivity contribution < 1.29 is 9.47 Å². The van der Waals surface area contributed by atoms with Crippen LogP contribution in [0.3, 0.4) is 0 Å². The summed E-state index contributed by atoms with van der Waals surface area (Å²) in [6.45, 7) is 2.69. The number of halogens is 3. The molecule has 94 valence electrons. The van der Waals surface area contributed by atoms with Crippen molar-refractivity contribution in [3.63, 3.8) is 0 Å². The zero-order valence-corrected chi connectivity index (χ0v) is 12.5. The van der Waals surface area contributed by atoms with Crippen LogP contribution < -0.4 is 0 Å². The second-order valence-electron chi connectivity index (χ2n) is 4.08. The highest BCUT2D eigenvalue weighted by atomic mass is 79.9. The number of benzene rings is 1. The van der Waals surface area contributed by atoms with Gasteiger partial charge in [0, 0.05) is 10.6 Å². The molecule has 2 rings (SSSR count). The minimum atomic E-state index is -0.806. The van der Waals surface area contributed by atoms with E-state index in [1.54, 1.807) is 12.1 Å². The average molecular weight is 340 g/mol. The van der Waals surface area contributed by atoms with E-state index in [0.29, 0.717) is 22.0 Å². The van der Waals surface area contributed by atoms with Crippen LogP contribution >= 0.6 is 39.1 Å². The van der Waals surface area contributed by atoms with Crippen LogP contribution in [0.4, 0.5) is 0 Å². The van der Waals surface area contributed by atoms with E-state index >= 15 is 0 Å². The number of ether oxygens (including phenoxy) is 2. The zero-order chi connectivity index (χ0) is 12.5. The van der Waals surface area contributed by atoms with Crippen LogP contribution in [0.15, 0.2) is 18.2 Å². The Balaban J connectivity index is 2.40. The first-order valence-electron chi connectivity index (χ1n) is 5.41. The van der Waals surface area contributed by atoms with Gasteiger partial charge in [0.1, 0.15) is 0 Å². The summed E-state index contributed by atoms with van der Waals surface area (Å²) < 4.78 is 11.7. The van der Waals surface area contributed by atoms with Gasteiger partial charge in [-0.1, -0.05) is 45.2 Å². The van der Waals surface area contributed by atoms with Crippen LogP contribution in [0.25, 0.3) is 0 Å². The van der Waals surface area contributed by atoms with E-state index in [2.05, 4.69) is 15.9 Å². The number of alkyl halides is 1. The third-order valence-electron chi connectivity index (χ3n) is 2.77. The van der Waals surface area contributed by atoms with E-state index in [1.165, 1.54) is 0 Å². The fourth-order valence-electron chi connectivity index (χ4n) is 1.89. The van der Waals surface area contributed by atoms with Crippen molar-refractivity contribution in [3.8, 4) is 0 Å². The molecule has 2 nitrogen and oxygen atoms in total. The van der Waals surface area contributed by atoms with E-state index in [-0.39, 0.29) is 6.10 Å². The van der Waals surface area contributed by atoms with Crippen LogP contribution in [0.2, 0.25) is 10.0 Å². The van der Waals surface area contributed by atoms with Crippen LogP contribution in [-0.2, 0) is 15.3 Å². The highest BCUT2D eigenvalue weighted by molar-refractivity contribution is 9.09. The third-order valence-corrected chi connectivity index (χ3v) is 4.05. The van der Waals surface area contributed by atoms with Gasteiger partial charge in [0.2, 0.25) is 5.79 Å². The molecule has 17 heavy (non-hydrogen) atoms. The Morgan fingerprint density at radius 1 is 1.47 bits per heavy atom.